The van der Waals surface area contributed by atoms with Crippen molar-refractivity contribution in [2.24, 2.45) is 0 Å². The molecule has 0 aromatic heterocycles. The van der Waals surface area contributed by atoms with Crippen molar-refractivity contribution >= 4 is 11.7 Å². The third kappa shape index (κ3) is 4.53. The monoisotopic (exact) mass is 281 g/mol. The van der Waals surface area contributed by atoms with E-state index < -0.39 is 10.9 Å². The first-order valence-electron chi connectivity index (χ1n) is 6.49. The fourth-order valence-electron chi connectivity index (χ4n) is 1.76. The summed E-state index contributed by atoms with van der Waals surface area (Å²) < 4.78 is 10.2. The Kier molecular flexibility index (Phi) is 5.96. The van der Waals surface area contributed by atoms with Gasteiger partial charge in [0.15, 0.2) is 6.61 Å². The summed E-state index contributed by atoms with van der Waals surface area (Å²) in [6, 6.07) is 3.19. The Morgan fingerprint density at radius 3 is 2.65 bits per heavy atom. The predicted octanol–water partition coefficient (Wildman–Crippen LogP) is 2.93. The maximum Gasteiger partial charge on any atom is 0.344 e. The van der Waals surface area contributed by atoms with Gasteiger partial charge in [-0.25, -0.2) is 4.79 Å². The van der Waals surface area contributed by atoms with E-state index in [0.717, 1.165) is 18.4 Å². The molecule has 6 heteroatoms. The van der Waals surface area contributed by atoms with Crippen LogP contribution in [0.15, 0.2) is 12.1 Å². The molecule has 0 aliphatic carbocycles. The van der Waals surface area contributed by atoms with Crippen molar-refractivity contribution in [3.05, 3.63) is 33.4 Å². The molecule has 1 aromatic rings. The second-order valence-electron chi connectivity index (χ2n) is 4.55. The van der Waals surface area contributed by atoms with E-state index in [2.05, 4.69) is 0 Å². The van der Waals surface area contributed by atoms with Gasteiger partial charge in [-0.2, -0.15) is 0 Å². The van der Waals surface area contributed by atoms with Gasteiger partial charge in [-0.1, -0.05) is 19.4 Å². The highest BCUT2D eigenvalue weighted by Crippen LogP contribution is 2.31. The summed E-state index contributed by atoms with van der Waals surface area (Å²) in [5.41, 5.74) is 1.26. The number of esters is 1. The first kappa shape index (κ1) is 15.9. The highest BCUT2D eigenvalue weighted by molar-refractivity contribution is 5.71. The Hall–Kier alpha value is -2.11. The van der Waals surface area contributed by atoms with Crippen molar-refractivity contribution in [1.82, 2.24) is 0 Å². The molecule has 0 N–H and O–H groups in total. The molecule has 0 aliphatic heterocycles. The molecule has 0 saturated carbocycles. The number of hydrogen-bond acceptors (Lipinski definition) is 5. The molecule has 0 spiro atoms. The van der Waals surface area contributed by atoms with Crippen LogP contribution in [0.4, 0.5) is 5.69 Å². The molecule has 0 saturated heterocycles. The van der Waals surface area contributed by atoms with Gasteiger partial charge in [-0.15, -0.1) is 0 Å². The summed E-state index contributed by atoms with van der Waals surface area (Å²) >= 11 is 0. The topological polar surface area (TPSA) is 78.7 Å². The van der Waals surface area contributed by atoms with Crippen molar-refractivity contribution in [2.45, 2.75) is 33.6 Å². The van der Waals surface area contributed by atoms with Gasteiger partial charge < -0.3 is 9.47 Å². The van der Waals surface area contributed by atoms with Crippen LogP contribution < -0.4 is 4.74 Å². The average Bonchev–Trinajstić information content (AvgIpc) is 2.37. The second kappa shape index (κ2) is 7.47. The standard InChI is InChI=1S/C14H19NO5/c1-4-5-6-19-13(16)9-20-14-11(3)7-10(2)8-12(14)15(17)18/h7-8H,4-6,9H2,1-3H3. The highest BCUT2D eigenvalue weighted by atomic mass is 16.6. The van der Waals surface area contributed by atoms with Gasteiger partial charge in [0.1, 0.15) is 0 Å². The summed E-state index contributed by atoms with van der Waals surface area (Å²) in [4.78, 5) is 21.9. The quantitative estimate of drug-likeness (QED) is 0.332. The minimum atomic E-state index is -0.521. The van der Waals surface area contributed by atoms with Crippen LogP contribution in [-0.2, 0) is 9.53 Å². The molecule has 0 heterocycles. The summed E-state index contributed by atoms with van der Waals surface area (Å²) in [5.74, 6) is -0.402. The molecule has 110 valence electrons. The van der Waals surface area contributed by atoms with Crippen molar-refractivity contribution < 1.29 is 19.2 Å². The van der Waals surface area contributed by atoms with Gasteiger partial charge in [0, 0.05) is 6.07 Å². The summed E-state index contributed by atoms with van der Waals surface area (Å²) in [6.07, 6.45) is 1.71. The molecule has 1 aromatic carbocycles. The molecule has 0 amide bonds. The molecule has 0 atom stereocenters. The number of rotatable bonds is 7. The van der Waals surface area contributed by atoms with Crippen molar-refractivity contribution in [3.8, 4) is 5.75 Å². The number of nitrogens with zero attached hydrogens (tertiary/aromatic N) is 1. The van der Waals surface area contributed by atoms with Gasteiger partial charge in [-0.05, 0) is 31.4 Å². The Bertz CT molecular complexity index is 499. The number of unbranched alkanes of at least 4 members (excludes halogenated alkanes) is 1. The lowest BCUT2D eigenvalue weighted by molar-refractivity contribution is -0.385. The number of carbonyl (C=O) groups is 1. The van der Waals surface area contributed by atoms with E-state index in [1.165, 1.54) is 6.07 Å². The Labute approximate surface area is 117 Å². The zero-order chi connectivity index (χ0) is 15.1. The molecule has 0 radical (unpaired) electrons. The first-order chi connectivity index (χ1) is 9.45. The predicted molar refractivity (Wildman–Crippen MR) is 73.9 cm³/mol. The largest absolute Gasteiger partial charge is 0.475 e. The maximum absolute atomic E-state index is 11.4. The van der Waals surface area contributed by atoms with Crippen LogP contribution >= 0.6 is 0 Å². The molecule has 1 rings (SSSR count). The maximum atomic E-state index is 11.4. The molecule has 0 unspecified atom stereocenters. The molecule has 6 nitrogen and oxygen atoms in total. The molecule has 0 bridgehead atoms. The number of nitro groups is 1. The molecular weight excluding hydrogens is 262 g/mol. The molecular formula is C14H19NO5. The van der Waals surface area contributed by atoms with Crippen LogP contribution in [0.5, 0.6) is 5.75 Å². The fourth-order valence-corrected chi connectivity index (χ4v) is 1.76. The zero-order valence-corrected chi connectivity index (χ0v) is 12.0. The third-order valence-electron chi connectivity index (χ3n) is 2.69. The lowest BCUT2D eigenvalue weighted by Crippen LogP contribution is -2.16. The first-order valence-corrected chi connectivity index (χ1v) is 6.49. The van der Waals surface area contributed by atoms with Gasteiger partial charge in [0.2, 0.25) is 5.75 Å². The zero-order valence-electron chi connectivity index (χ0n) is 12.0. The van der Waals surface area contributed by atoms with Gasteiger partial charge in [0.25, 0.3) is 0 Å². The van der Waals surface area contributed by atoms with Gasteiger partial charge in [-0.3, -0.25) is 10.1 Å². The van der Waals surface area contributed by atoms with Gasteiger partial charge in [0.05, 0.1) is 11.5 Å². The van der Waals surface area contributed by atoms with E-state index in [4.69, 9.17) is 9.47 Å². The number of carbonyl (C=O) groups excluding carboxylic acids is 1. The normalized spacial score (nSPS) is 10.2. The summed E-state index contributed by atoms with van der Waals surface area (Å²) in [5, 5.41) is 11.0. The number of ether oxygens (including phenoxy) is 2. The Balaban J connectivity index is 2.72. The van der Waals surface area contributed by atoms with Crippen LogP contribution in [-0.4, -0.2) is 24.1 Å². The average molecular weight is 281 g/mol. The van der Waals surface area contributed by atoms with E-state index in [0.29, 0.717) is 12.2 Å². The molecule has 0 fully saturated rings. The fraction of sp³-hybridized carbons (Fsp3) is 0.500. The van der Waals surface area contributed by atoms with E-state index in [-0.39, 0.29) is 18.0 Å². The number of aryl methyl sites for hydroxylation is 2. The highest BCUT2D eigenvalue weighted by Gasteiger charge is 2.19. The van der Waals surface area contributed by atoms with E-state index in [1.54, 1.807) is 19.9 Å². The van der Waals surface area contributed by atoms with Crippen molar-refractivity contribution in [2.75, 3.05) is 13.2 Å². The van der Waals surface area contributed by atoms with Crippen LogP contribution in [0, 0.1) is 24.0 Å². The van der Waals surface area contributed by atoms with Crippen LogP contribution in [0.25, 0.3) is 0 Å². The second-order valence-corrected chi connectivity index (χ2v) is 4.55. The number of nitro benzene ring substituents is 1. The summed E-state index contributed by atoms with van der Waals surface area (Å²) in [6.45, 7) is 5.48. The lowest BCUT2D eigenvalue weighted by Gasteiger charge is -2.10. The Morgan fingerprint density at radius 2 is 2.05 bits per heavy atom. The molecule has 0 aliphatic rings. The summed E-state index contributed by atoms with van der Waals surface area (Å²) in [7, 11) is 0. The Morgan fingerprint density at radius 1 is 1.35 bits per heavy atom. The van der Waals surface area contributed by atoms with Gasteiger partial charge >= 0.3 is 11.7 Å². The number of benzene rings is 1. The minimum absolute atomic E-state index is 0.119. The van der Waals surface area contributed by atoms with Crippen LogP contribution in [0.2, 0.25) is 0 Å². The van der Waals surface area contributed by atoms with Crippen molar-refractivity contribution in [1.29, 1.82) is 0 Å². The van der Waals surface area contributed by atoms with E-state index >= 15 is 0 Å². The van der Waals surface area contributed by atoms with Crippen LogP contribution in [0.1, 0.15) is 30.9 Å². The molecule has 20 heavy (non-hydrogen) atoms. The smallest absolute Gasteiger partial charge is 0.344 e. The lowest BCUT2D eigenvalue weighted by atomic mass is 10.1. The van der Waals surface area contributed by atoms with Crippen LogP contribution in [0.3, 0.4) is 0 Å². The SMILES string of the molecule is CCCCOC(=O)COc1c(C)cc(C)cc1[N+](=O)[O-]. The van der Waals surface area contributed by atoms with Crippen molar-refractivity contribution in [3.63, 3.8) is 0 Å². The van der Waals surface area contributed by atoms with E-state index in [9.17, 15) is 14.9 Å². The minimum Gasteiger partial charge on any atom is -0.475 e. The third-order valence-corrected chi connectivity index (χ3v) is 2.69. The number of hydrogen-bond donors (Lipinski definition) is 0. The van der Waals surface area contributed by atoms with E-state index in [1.807, 2.05) is 6.92 Å².